The Balaban J connectivity index is 1.49. The number of aliphatic imine (C=N–C) groups is 2. The number of nitrogens with zero attached hydrogens (tertiary/aromatic N) is 5. The first-order valence-corrected chi connectivity index (χ1v) is 9.13. The molecule has 0 unspecified atom stereocenters. The van der Waals surface area contributed by atoms with Crippen molar-refractivity contribution in [2.45, 2.75) is 26.9 Å². The van der Waals surface area contributed by atoms with Gasteiger partial charge in [-0.3, -0.25) is 9.98 Å². The lowest BCUT2D eigenvalue weighted by Gasteiger charge is -2.07. The SMILES string of the molecule is CC(CNC(C)=NCc1ccc(N)cc1)=NCc1cccc(-n2cncn2)c1. The third-order valence-electron chi connectivity index (χ3n) is 4.20. The quantitative estimate of drug-likeness (QED) is 0.377. The first-order chi connectivity index (χ1) is 13.6. The predicted octanol–water partition coefficient (Wildman–Crippen LogP) is 3.02. The van der Waals surface area contributed by atoms with Gasteiger partial charge in [-0.05, 0) is 49.2 Å². The van der Waals surface area contributed by atoms with Crippen LogP contribution in [0.3, 0.4) is 0 Å². The third kappa shape index (κ3) is 5.77. The maximum Gasteiger partial charge on any atom is 0.138 e. The van der Waals surface area contributed by atoms with Gasteiger partial charge < -0.3 is 11.1 Å². The summed E-state index contributed by atoms with van der Waals surface area (Å²) in [4.78, 5) is 13.2. The number of hydrogen-bond acceptors (Lipinski definition) is 5. The highest BCUT2D eigenvalue weighted by atomic mass is 15.3. The lowest BCUT2D eigenvalue weighted by Crippen LogP contribution is -2.26. The Labute approximate surface area is 165 Å². The number of anilines is 1. The monoisotopic (exact) mass is 375 g/mol. The van der Waals surface area contributed by atoms with Crippen molar-refractivity contribution in [3.05, 3.63) is 72.3 Å². The molecule has 0 amide bonds. The molecular formula is C21H25N7. The van der Waals surface area contributed by atoms with Gasteiger partial charge in [-0.15, -0.1) is 0 Å². The Bertz CT molecular complexity index is 941. The smallest absolute Gasteiger partial charge is 0.138 e. The topological polar surface area (TPSA) is 93.5 Å². The minimum absolute atomic E-state index is 0.623. The lowest BCUT2D eigenvalue weighted by atomic mass is 10.2. The molecule has 0 bridgehead atoms. The molecule has 0 spiro atoms. The molecule has 2 aromatic carbocycles. The van der Waals surface area contributed by atoms with Crippen LogP contribution >= 0.6 is 0 Å². The lowest BCUT2D eigenvalue weighted by molar-refractivity contribution is 0.874. The number of hydrogen-bond donors (Lipinski definition) is 2. The second-order valence-corrected chi connectivity index (χ2v) is 6.56. The van der Waals surface area contributed by atoms with Gasteiger partial charge in [0.05, 0.1) is 31.2 Å². The van der Waals surface area contributed by atoms with Crippen LogP contribution in [0, 0.1) is 0 Å². The average molecular weight is 375 g/mol. The largest absolute Gasteiger partial charge is 0.399 e. The summed E-state index contributed by atoms with van der Waals surface area (Å²) >= 11 is 0. The van der Waals surface area contributed by atoms with Crippen molar-refractivity contribution in [2.75, 3.05) is 12.3 Å². The third-order valence-corrected chi connectivity index (χ3v) is 4.20. The van der Waals surface area contributed by atoms with Gasteiger partial charge in [0.2, 0.25) is 0 Å². The van der Waals surface area contributed by atoms with Crippen LogP contribution in [0.5, 0.6) is 0 Å². The molecule has 0 saturated carbocycles. The van der Waals surface area contributed by atoms with Crippen molar-refractivity contribution in [1.82, 2.24) is 20.1 Å². The van der Waals surface area contributed by atoms with Gasteiger partial charge in [0.1, 0.15) is 12.7 Å². The zero-order valence-electron chi connectivity index (χ0n) is 16.2. The molecule has 0 aliphatic carbocycles. The molecule has 1 aromatic heterocycles. The van der Waals surface area contributed by atoms with E-state index in [9.17, 15) is 0 Å². The van der Waals surface area contributed by atoms with Crippen molar-refractivity contribution >= 4 is 17.2 Å². The zero-order chi connectivity index (χ0) is 19.8. The normalized spacial score (nSPS) is 12.2. The number of nitrogen functional groups attached to an aromatic ring is 1. The van der Waals surface area contributed by atoms with E-state index in [0.29, 0.717) is 19.6 Å². The molecule has 28 heavy (non-hydrogen) atoms. The average Bonchev–Trinajstić information content (AvgIpc) is 3.25. The molecule has 0 aliphatic rings. The molecule has 3 N–H and O–H groups in total. The summed E-state index contributed by atoms with van der Waals surface area (Å²) in [5, 5.41) is 7.46. The fraction of sp³-hybridized carbons (Fsp3) is 0.238. The van der Waals surface area contributed by atoms with Crippen molar-refractivity contribution < 1.29 is 0 Å². The number of nitrogens with one attached hydrogen (secondary N) is 1. The minimum Gasteiger partial charge on any atom is -0.399 e. The van der Waals surface area contributed by atoms with Crippen molar-refractivity contribution in [3.63, 3.8) is 0 Å². The molecule has 3 aromatic rings. The van der Waals surface area contributed by atoms with E-state index in [-0.39, 0.29) is 0 Å². The summed E-state index contributed by atoms with van der Waals surface area (Å²) < 4.78 is 1.74. The van der Waals surface area contributed by atoms with Gasteiger partial charge in [-0.1, -0.05) is 24.3 Å². The van der Waals surface area contributed by atoms with Gasteiger partial charge in [0.15, 0.2) is 0 Å². The molecular weight excluding hydrogens is 350 g/mol. The standard InChI is InChI=1S/C21H25N7/c1-16(11-25-17(2)26-12-18-6-8-20(22)9-7-18)24-13-19-4-3-5-21(10-19)28-15-23-14-27-28/h3-10,14-15H,11-13,22H2,1-2H3,(H,25,26). The molecule has 0 atom stereocenters. The molecule has 7 heteroatoms. The molecule has 0 fully saturated rings. The molecule has 0 aliphatic heterocycles. The van der Waals surface area contributed by atoms with Crippen LogP contribution in [-0.4, -0.2) is 32.9 Å². The van der Waals surface area contributed by atoms with E-state index < -0.39 is 0 Å². The maximum absolute atomic E-state index is 5.70. The van der Waals surface area contributed by atoms with Crippen LogP contribution in [0.25, 0.3) is 5.69 Å². The molecule has 7 nitrogen and oxygen atoms in total. The summed E-state index contributed by atoms with van der Waals surface area (Å²) in [6.07, 6.45) is 3.21. The number of rotatable bonds is 7. The second kappa shape index (κ2) is 9.45. The van der Waals surface area contributed by atoms with Crippen LogP contribution in [0.15, 0.2) is 71.2 Å². The van der Waals surface area contributed by atoms with Crippen LogP contribution in [0.2, 0.25) is 0 Å². The van der Waals surface area contributed by atoms with Gasteiger partial charge in [-0.25, -0.2) is 9.67 Å². The van der Waals surface area contributed by atoms with Gasteiger partial charge in [0, 0.05) is 11.4 Å². The van der Waals surface area contributed by atoms with E-state index in [1.807, 2.05) is 50.2 Å². The van der Waals surface area contributed by atoms with E-state index in [1.54, 1.807) is 11.0 Å². The van der Waals surface area contributed by atoms with Crippen LogP contribution in [-0.2, 0) is 13.1 Å². The number of aromatic nitrogens is 3. The first-order valence-electron chi connectivity index (χ1n) is 9.13. The Hall–Kier alpha value is -3.48. The van der Waals surface area contributed by atoms with E-state index in [2.05, 4.69) is 37.5 Å². The molecule has 0 radical (unpaired) electrons. The summed E-state index contributed by atoms with van der Waals surface area (Å²) in [5.74, 6) is 0.888. The fourth-order valence-corrected chi connectivity index (χ4v) is 2.57. The Kier molecular flexibility index (Phi) is 6.51. The first kappa shape index (κ1) is 19.3. The molecule has 1 heterocycles. The van der Waals surface area contributed by atoms with Crippen LogP contribution in [0.1, 0.15) is 25.0 Å². The maximum atomic E-state index is 5.70. The molecule has 3 rings (SSSR count). The zero-order valence-corrected chi connectivity index (χ0v) is 16.2. The van der Waals surface area contributed by atoms with Crippen LogP contribution < -0.4 is 11.1 Å². The van der Waals surface area contributed by atoms with E-state index in [0.717, 1.165) is 34.0 Å². The summed E-state index contributed by atoms with van der Waals surface area (Å²) in [6, 6.07) is 15.9. The summed E-state index contributed by atoms with van der Waals surface area (Å²) in [6.45, 7) is 5.90. The minimum atomic E-state index is 0.623. The highest BCUT2D eigenvalue weighted by Gasteiger charge is 2.00. The molecule has 144 valence electrons. The second-order valence-electron chi connectivity index (χ2n) is 6.56. The van der Waals surface area contributed by atoms with E-state index in [1.165, 1.54) is 6.33 Å². The highest BCUT2D eigenvalue weighted by Crippen LogP contribution is 2.10. The number of benzene rings is 2. The van der Waals surface area contributed by atoms with Gasteiger partial charge >= 0.3 is 0 Å². The van der Waals surface area contributed by atoms with Crippen molar-refractivity contribution in [3.8, 4) is 5.69 Å². The Morgan fingerprint density at radius 1 is 1.04 bits per heavy atom. The van der Waals surface area contributed by atoms with E-state index in [4.69, 9.17) is 5.73 Å². The van der Waals surface area contributed by atoms with Crippen molar-refractivity contribution in [1.29, 1.82) is 0 Å². The Morgan fingerprint density at radius 2 is 1.82 bits per heavy atom. The molecule has 0 saturated heterocycles. The van der Waals surface area contributed by atoms with Crippen LogP contribution in [0.4, 0.5) is 5.69 Å². The van der Waals surface area contributed by atoms with Gasteiger partial charge in [-0.2, -0.15) is 5.10 Å². The Morgan fingerprint density at radius 3 is 2.57 bits per heavy atom. The van der Waals surface area contributed by atoms with Gasteiger partial charge in [0.25, 0.3) is 0 Å². The van der Waals surface area contributed by atoms with Crippen molar-refractivity contribution in [2.24, 2.45) is 9.98 Å². The highest BCUT2D eigenvalue weighted by molar-refractivity contribution is 5.89. The summed E-state index contributed by atoms with van der Waals surface area (Å²) in [7, 11) is 0. The predicted molar refractivity (Wildman–Crippen MR) is 114 cm³/mol. The number of amidine groups is 1. The summed E-state index contributed by atoms with van der Waals surface area (Å²) in [5.41, 5.74) is 10.7. The number of nitrogens with two attached hydrogens (primary N) is 1. The fourth-order valence-electron chi connectivity index (χ4n) is 2.57. The van der Waals surface area contributed by atoms with E-state index >= 15 is 0 Å².